The van der Waals surface area contributed by atoms with Crippen LogP contribution < -0.4 is 11.3 Å². The summed E-state index contributed by atoms with van der Waals surface area (Å²) in [4.78, 5) is 23.7. The molecule has 19 heavy (non-hydrogen) atoms. The van der Waals surface area contributed by atoms with Crippen LogP contribution in [0.3, 0.4) is 0 Å². The molecule has 0 spiro atoms. The van der Waals surface area contributed by atoms with E-state index >= 15 is 0 Å². The van der Waals surface area contributed by atoms with E-state index in [9.17, 15) is 9.59 Å². The van der Waals surface area contributed by atoms with Crippen molar-refractivity contribution in [2.45, 2.75) is 6.92 Å². The summed E-state index contributed by atoms with van der Waals surface area (Å²) in [6, 6.07) is 8.79. The number of anilines is 1. The molecule has 0 fully saturated rings. The molecule has 0 saturated carbocycles. The van der Waals surface area contributed by atoms with E-state index in [1.807, 2.05) is 6.07 Å². The molecule has 1 heterocycles. The first-order chi connectivity index (χ1) is 9.06. The molecule has 0 aliphatic rings. The SMILES string of the molecule is COC(=O)c1nn(-c2ccccc2)c(=O)c(C)c1N. The molecule has 2 rings (SSSR count). The van der Waals surface area contributed by atoms with Gasteiger partial charge in [0, 0.05) is 5.56 Å². The molecular formula is C13H13N3O3. The summed E-state index contributed by atoms with van der Waals surface area (Å²) in [5.74, 6) is -0.676. The van der Waals surface area contributed by atoms with Crippen molar-refractivity contribution in [1.82, 2.24) is 9.78 Å². The molecular weight excluding hydrogens is 246 g/mol. The van der Waals surface area contributed by atoms with Crippen LogP contribution in [0, 0.1) is 6.92 Å². The number of nitrogen functional groups attached to an aromatic ring is 1. The van der Waals surface area contributed by atoms with Gasteiger partial charge in [-0.15, -0.1) is 0 Å². The molecule has 1 aromatic carbocycles. The summed E-state index contributed by atoms with van der Waals surface area (Å²) in [5, 5.41) is 3.98. The lowest BCUT2D eigenvalue weighted by Crippen LogP contribution is -2.28. The zero-order valence-corrected chi connectivity index (χ0v) is 10.6. The monoisotopic (exact) mass is 259 g/mol. The van der Waals surface area contributed by atoms with Gasteiger partial charge in [-0.3, -0.25) is 4.79 Å². The van der Waals surface area contributed by atoms with Crippen molar-refractivity contribution >= 4 is 11.7 Å². The van der Waals surface area contributed by atoms with Gasteiger partial charge in [-0.2, -0.15) is 9.78 Å². The van der Waals surface area contributed by atoms with Gasteiger partial charge < -0.3 is 10.5 Å². The van der Waals surface area contributed by atoms with Gasteiger partial charge in [0.1, 0.15) is 0 Å². The molecule has 0 unspecified atom stereocenters. The Kier molecular flexibility index (Phi) is 3.33. The molecule has 0 aliphatic carbocycles. The smallest absolute Gasteiger partial charge is 0.360 e. The van der Waals surface area contributed by atoms with Crippen LogP contribution in [0.25, 0.3) is 5.69 Å². The van der Waals surface area contributed by atoms with Gasteiger partial charge in [-0.05, 0) is 19.1 Å². The number of aromatic nitrogens is 2. The highest BCUT2D eigenvalue weighted by Crippen LogP contribution is 2.13. The van der Waals surface area contributed by atoms with Gasteiger partial charge in [0.2, 0.25) is 0 Å². The minimum absolute atomic E-state index is 0.0454. The van der Waals surface area contributed by atoms with Crippen LogP contribution in [0.5, 0.6) is 0 Å². The molecule has 2 aromatic rings. The van der Waals surface area contributed by atoms with E-state index in [-0.39, 0.29) is 22.5 Å². The predicted octanol–water partition coefficient (Wildman–Crippen LogP) is 0.910. The molecule has 6 nitrogen and oxygen atoms in total. The Bertz CT molecular complexity index is 678. The number of hydrogen-bond donors (Lipinski definition) is 1. The number of esters is 1. The van der Waals surface area contributed by atoms with Crippen LogP contribution in [-0.4, -0.2) is 22.9 Å². The minimum atomic E-state index is -0.676. The summed E-state index contributed by atoms with van der Waals surface area (Å²) >= 11 is 0. The van der Waals surface area contributed by atoms with Crippen LogP contribution in [0.4, 0.5) is 5.69 Å². The van der Waals surface area contributed by atoms with E-state index in [2.05, 4.69) is 9.84 Å². The summed E-state index contributed by atoms with van der Waals surface area (Å²) in [5.41, 5.74) is 6.16. The Morgan fingerprint density at radius 1 is 1.32 bits per heavy atom. The van der Waals surface area contributed by atoms with Crippen LogP contribution in [0.1, 0.15) is 16.1 Å². The number of rotatable bonds is 2. The molecule has 0 atom stereocenters. The number of carbonyl (C=O) groups excluding carboxylic acids is 1. The Hall–Kier alpha value is -2.63. The summed E-state index contributed by atoms with van der Waals surface area (Å²) in [6.45, 7) is 1.55. The van der Waals surface area contributed by atoms with E-state index < -0.39 is 5.97 Å². The Labute approximate surface area is 109 Å². The normalized spacial score (nSPS) is 10.2. The predicted molar refractivity (Wildman–Crippen MR) is 70.3 cm³/mol. The van der Waals surface area contributed by atoms with Crippen molar-refractivity contribution < 1.29 is 9.53 Å². The number of methoxy groups -OCH3 is 1. The number of nitrogens with two attached hydrogens (primary N) is 1. The second-order valence-corrected chi connectivity index (χ2v) is 3.93. The number of hydrogen-bond acceptors (Lipinski definition) is 5. The maximum absolute atomic E-state index is 12.1. The highest BCUT2D eigenvalue weighted by molar-refractivity contribution is 5.93. The van der Waals surface area contributed by atoms with Crippen LogP contribution in [0.15, 0.2) is 35.1 Å². The molecule has 1 aromatic heterocycles. The highest BCUT2D eigenvalue weighted by Gasteiger charge is 2.18. The number of carbonyl (C=O) groups is 1. The molecule has 0 saturated heterocycles. The van der Waals surface area contributed by atoms with Gasteiger partial charge >= 0.3 is 5.97 Å². The standard InChI is InChI=1S/C13H13N3O3/c1-8-10(14)11(13(18)19-2)15-16(12(8)17)9-6-4-3-5-7-9/h3-7H,14H2,1-2H3. The van der Waals surface area contributed by atoms with Crippen molar-refractivity contribution in [3.8, 4) is 5.69 Å². The first kappa shape index (κ1) is 12.8. The van der Waals surface area contributed by atoms with Gasteiger partial charge in [0.05, 0.1) is 18.5 Å². The van der Waals surface area contributed by atoms with E-state index in [0.717, 1.165) is 4.68 Å². The lowest BCUT2D eigenvalue weighted by Gasteiger charge is -2.10. The van der Waals surface area contributed by atoms with E-state index in [1.54, 1.807) is 31.2 Å². The van der Waals surface area contributed by atoms with E-state index in [0.29, 0.717) is 5.69 Å². The molecule has 98 valence electrons. The van der Waals surface area contributed by atoms with E-state index in [4.69, 9.17) is 5.73 Å². The third kappa shape index (κ3) is 2.20. The Morgan fingerprint density at radius 3 is 2.53 bits per heavy atom. The lowest BCUT2D eigenvalue weighted by atomic mass is 10.2. The summed E-state index contributed by atoms with van der Waals surface area (Å²) in [6.07, 6.45) is 0. The largest absolute Gasteiger partial charge is 0.464 e. The maximum atomic E-state index is 12.1. The fourth-order valence-corrected chi connectivity index (χ4v) is 1.64. The van der Waals surface area contributed by atoms with Crippen LogP contribution in [0.2, 0.25) is 0 Å². The summed E-state index contributed by atoms with van der Waals surface area (Å²) in [7, 11) is 1.23. The number of ether oxygens (including phenoxy) is 1. The van der Waals surface area contributed by atoms with Crippen LogP contribution in [-0.2, 0) is 4.74 Å². The second-order valence-electron chi connectivity index (χ2n) is 3.93. The zero-order chi connectivity index (χ0) is 14.0. The molecule has 0 radical (unpaired) electrons. The molecule has 0 bridgehead atoms. The lowest BCUT2D eigenvalue weighted by molar-refractivity contribution is 0.0593. The molecule has 0 amide bonds. The van der Waals surface area contributed by atoms with Crippen LogP contribution >= 0.6 is 0 Å². The minimum Gasteiger partial charge on any atom is -0.464 e. The van der Waals surface area contributed by atoms with E-state index in [1.165, 1.54) is 7.11 Å². The molecule has 2 N–H and O–H groups in total. The Morgan fingerprint density at radius 2 is 1.95 bits per heavy atom. The number of para-hydroxylation sites is 1. The zero-order valence-electron chi connectivity index (χ0n) is 10.6. The molecule has 0 aliphatic heterocycles. The van der Waals surface area contributed by atoms with Crippen molar-refractivity contribution in [1.29, 1.82) is 0 Å². The average Bonchev–Trinajstić information content (AvgIpc) is 2.45. The van der Waals surface area contributed by atoms with Crippen molar-refractivity contribution in [3.05, 3.63) is 51.9 Å². The number of nitrogens with zero attached hydrogens (tertiary/aromatic N) is 2. The van der Waals surface area contributed by atoms with Gasteiger partial charge in [-0.25, -0.2) is 4.79 Å². The van der Waals surface area contributed by atoms with Gasteiger partial charge in [0.25, 0.3) is 5.56 Å². The average molecular weight is 259 g/mol. The maximum Gasteiger partial charge on any atom is 0.360 e. The van der Waals surface area contributed by atoms with Crippen molar-refractivity contribution in [3.63, 3.8) is 0 Å². The third-order valence-electron chi connectivity index (χ3n) is 2.75. The first-order valence-corrected chi connectivity index (χ1v) is 5.59. The third-order valence-corrected chi connectivity index (χ3v) is 2.75. The highest BCUT2D eigenvalue weighted by atomic mass is 16.5. The quantitative estimate of drug-likeness (QED) is 0.810. The second kappa shape index (κ2) is 4.93. The fourth-order valence-electron chi connectivity index (χ4n) is 1.64. The Balaban J connectivity index is 2.73. The van der Waals surface area contributed by atoms with Gasteiger partial charge in [0.15, 0.2) is 5.69 Å². The van der Waals surface area contributed by atoms with Gasteiger partial charge in [-0.1, -0.05) is 18.2 Å². The first-order valence-electron chi connectivity index (χ1n) is 5.59. The van der Waals surface area contributed by atoms with Crippen molar-refractivity contribution in [2.75, 3.05) is 12.8 Å². The summed E-state index contributed by atoms with van der Waals surface area (Å²) < 4.78 is 5.74. The fraction of sp³-hybridized carbons (Fsp3) is 0.154. The molecule has 6 heteroatoms. The number of benzene rings is 1. The topological polar surface area (TPSA) is 87.2 Å². The van der Waals surface area contributed by atoms with Crippen molar-refractivity contribution in [2.24, 2.45) is 0 Å².